The summed E-state index contributed by atoms with van der Waals surface area (Å²) < 4.78 is 5.98. The van der Waals surface area contributed by atoms with E-state index in [0.717, 1.165) is 56.4 Å². The van der Waals surface area contributed by atoms with Crippen molar-refractivity contribution in [3.8, 4) is 5.75 Å². The largest absolute Gasteiger partial charge is 0.509 e. The van der Waals surface area contributed by atoms with Crippen molar-refractivity contribution >= 4 is 43.0 Å². The predicted octanol–water partition coefficient (Wildman–Crippen LogP) is 2.82. The highest BCUT2D eigenvalue weighted by molar-refractivity contribution is 6.34. The molecule has 0 saturated carbocycles. The number of phenols is 1. The van der Waals surface area contributed by atoms with Crippen molar-refractivity contribution in [1.82, 2.24) is 19.6 Å². The Balaban J connectivity index is 1.05. The number of anilines is 1. The van der Waals surface area contributed by atoms with Gasteiger partial charge in [-0.2, -0.15) is 0 Å². The Labute approximate surface area is 288 Å². The fourth-order valence-electron chi connectivity index (χ4n) is 7.99. The van der Waals surface area contributed by atoms with Crippen LogP contribution in [-0.2, 0) is 27.2 Å². The average molecular weight is 672 g/mol. The molecule has 49 heavy (non-hydrogen) atoms. The molecule has 4 amide bonds. The van der Waals surface area contributed by atoms with Gasteiger partial charge in [-0.3, -0.25) is 14.5 Å². The molecule has 0 bridgehead atoms. The van der Waals surface area contributed by atoms with Crippen molar-refractivity contribution in [3.05, 3.63) is 53.6 Å². The molecule has 0 aliphatic carbocycles. The number of nitrogens with one attached hydrogen (secondary N) is 1. The number of piperidine rings is 3. The van der Waals surface area contributed by atoms with Gasteiger partial charge in [-0.15, -0.1) is 0 Å². The summed E-state index contributed by atoms with van der Waals surface area (Å²) in [5, 5.41) is 22.1. The number of phenolic OH excluding ortho intramolecular Hbond substituents is 1. The third kappa shape index (κ3) is 8.49. The Hall–Kier alpha value is -4.26. The van der Waals surface area contributed by atoms with Gasteiger partial charge in [-0.25, -0.2) is 9.59 Å². The molecule has 6 rings (SSSR count). The number of urea groups is 1. The van der Waals surface area contributed by atoms with Crippen molar-refractivity contribution in [2.75, 3.05) is 57.7 Å². The molecule has 4 aliphatic rings. The maximum Gasteiger partial charge on any atom is 0.410 e. The molecule has 2 aromatic carbocycles. The molecular formula is C36H46BN5O7. The first-order valence-corrected chi connectivity index (χ1v) is 17.6. The van der Waals surface area contributed by atoms with E-state index < -0.39 is 18.2 Å². The summed E-state index contributed by atoms with van der Waals surface area (Å²) in [4.78, 5) is 58.9. The standard InChI is InChI=1S/C36H46BN5O7/c37-29-21-24(5-6-31(29)43)22-32(34(46)40-16-9-26(10-17-40)25-7-14-39(15-8-25)23-33(44)45)49-36(48)41-18-12-28(13-19-41)42-20-11-27-3-1-2-4-30(27)38-35(42)47/h1-6,21,25-26,28,32,43H,7-20,22-23H2,(H,38,47)(H,44,45)/t32-/m1/s1. The van der Waals surface area contributed by atoms with Crippen LogP contribution < -0.4 is 10.8 Å². The van der Waals surface area contributed by atoms with E-state index >= 15 is 0 Å². The monoisotopic (exact) mass is 671 g/mol. The van der Waals surface area contributed by atoms with Gasteiger partial charge in [0, 0.05) is 50.9 Å². The quantitative estimate of drug-likeness (QED) is 0.364. The molecule has 4 heterocycles. The first kappa shape index (κ1) is 34.6. The molecule has 3 saturated heterocycles. The number of nitrogens with zero attached hydrogens (tertiary/aromatic N) is 4. The number of hydrogen-bond donors (Lipinski definition) is 3. The number of likely N-dealkylation sites (tertiary alicyclic amines) is 3. The van der Waals surface area contributed by atoms with E-state index in [4.69, 9.17) is 17.7 Å². The van der Waals surface area contributed by atoms with Gasteiger partial charge in [0.1, 0.15) is 13.6 Å². The lowest BCUT2D eigenvalue weighted by atomic mass is 9.78. The lowest BCUT2D eigenvalue weighted by Gasteiger charge is -2.41. The second-order valence-electron chi connectivity index (χ2n) is 13.9. The van der Waals surface area contributed by atoms with Crippen LogP contribution >= 0.6 is 0 Å². The predicted molar refractivity (Wildman–Crippen MR) is 184 cm³/mol. The van der Waals surface area contributed by atoms with Crippen molar-refractivity contribution in [3.63, 3.8) is 0 Å². The third-order valence-corrected chi connectivity index (χ3v) is 10.8. The Morgan fingerprint density at radius 3 is 2.20 bits per heavy atom. The van der Waals surface area contributed by atoms with E-state index in [1.165, 1.54) is 6.07 Å². The molecule has 3 fully saturated rings. The number of aliphatic carboxylic acids is 1. The van der Waals surface area contributed by atoms with Gasteiger partial charge in [0.25, 0.3) is 5.91 Å². The van der Waals surface area contributed by atoms with E-state index in [1.54, 1.807) is 21.9 Å². The van der Waals surface area contributed by atoms with Gasteiger partial charge in [-0.05, 0) is 93.1 Å². The van der Waals surface area contributed by atoms with Gasteiger partial charge in [0.05, 0.1) is 6.54 Å². The van der Waals surface area contributed by atoms with E-state index in [0.29, 0.717) is 63.0 Å². The number of aromatic hydroxyl groups is 1. The topological polar surface area (TPSA) is 143 Å². The van der Waals surface area contributed by atoms with Crippen molar-refractivity contribution in [1.29, 1.82) is 0 Å². The van der Waals surface area contributed by atoms with Crippen molar-refractivity contribution in [2.24, 2.45) is 11.8 Å². The van der Waals surface area contributed by atoms with Crippen molar-refractivity contribution in [2.45, 2.75) is 63.5 Å². The van der Waals surface area contributed by atoms with Crippen LogP contribution in [0.5, 0.6) is 5.75 Å². The molecule has 3 N–H and O–H groups in total. The summed E-state index contributed by atoms with van der Waals surface area (Å²) in [7, 11) is 5.94. The lowest BCUT2D eigenvalue weighted by Crippen LogP contribution is -2.52. The summed E-state index contributed by atoms with van der Waals surface area (Å²) in [6.07, 6.45) is 4.11. The molecule has 0 unspecified atom stereocenters. The lowest BCUT2D eigenvalue weighted by molar-refractivity contribution is -0.142. The van der Waals surface area contributed by atoms with Gasteiger partial charge < -0.3 is 35.0 Å². The van der Waals surface area contributed by atoms with E-state index in [1.807, 2.05) is 34.1 Å². The van der Waals surface area contributed by atoms with Crippen LogP contribution in [0, 0.1) is 11.8 Å². The minimum Gasteiger partial charge on any atom is -0.509 e. The first-order chi connectivity index (χ1) is 23.6. The summed E-state index contributed by atoms with van der Waals surface area (Å²) in [5.41, 5.74) is 2.81. The number of rotatable bonds is 8. The second-order valence-corrected chi connectivity index (χ2v) is 13.9. The molecule has 2 aromatic rings. The molecule has 4 aliphatic heterocycles. The molecule has 0 aromatic heterocycles. The molecular weight excluding hydrogens is 625 g/mol. The van der Waals surface area contributed by atoms with Gasteiger partial charge in [-0.1, -0.05) is 35.8 Å². The number of carbonyl (C=O) groups excluding carboxylic acids is 3. The Bertz CT molecular complexity index is 1520. The number of hydrogen-bond acceptors (Lipinski definition) is 7. The summed E-state index contributed by atoms with van der Waals surface area (Å²) in [6, 6.07) is 12.4. The maximum atomic E-state index is 14.0. The summed E-state index contributed by atoms with van der Waals surface area (Å²) in [6.45, 7) is 4.19. The number of carboxylic acid groups (broad SMARTS) is 1. The minimum absolute atomic E-state index is 0.0125. The van der Waals surface area contributed by atoms with E-state index in [2.05, 4.69) is 5.32 Å². The van der Waals surface area contributed by atoms with Crippen LogP contribution in [-0.4, -0.2) is 126 Å². The summed E-state index contributed by atoms with van der Waals surface area (Å²) in [5.74, 6) is -0.117. The normalized spacial score (nSPS) is 20.7. The van der Waals surface area contributed by atoms with Gasteiger partial charge in [0.2, 0.25) is 0 Å². The third-order valence-electron chi connectivity index (χ3n) is 10.8. The number of amides is 4. The SMILES string of the molecule is [B]c1cc(C[C@@H](OC(=O)N2CCC(N3CCc4ccccc4NC3=O)CC2)C(=O)N2CCC(C3CCN(CC(=O)O)CC3)CC2)ccc1O. The molecule has 13 heteroatoms. The van der Waals surface area contributed by atoms with Crippen LogP contribution in [0.2, 0.25) is 0 Å². The Morgan fingerprint density at radius 1 is 0.878 bits per heavy atom. The zero-order valence-corrected chi connectivity index (χ0v) is 28.0. The Kier molecular flexibility index (Phi) is 11.0. The van der Waals surface area contributed by atoms with Crippen LogP contribution in [0.3, 0.4) is 0 Å². The highest BCUT2D eigenvalue weighted by atomic mass is 16.6. The van der Waals surface area contributed by atoms with Gasteiger partial charge in [0.15, 0.2) is 6.10 Å². The fraction of sp³-hybridized carbons (Fsp3) is 0.556. The summed E-state index contributed by atoms with van der Waals surface area (Å²) >= 11 is 0. The zero-order chi connectivity index (χ0) is 34.5. The number of para-hydroxylation sites is 1. The van der Waals surface area contributed by atoms with E-state index in [9.17, 15) is 24.3 Å². The number of carboxylic acids is 1. The minimum atomic E-state index is -1.06. The number of fused-ring (bicyclic) bond motifs is 1. The number of ether oxygens (including phenoxy) is 1. The number of carbonyl (C=O) groups is 4. The average Bonchev–Trinajstić information content (AvgIpc) is 3.27. The second kappa shape index (κ2) is 15.5. The Morgan fingerprint density at radius 2 is 1.53 bits per heavy atom. The van der Waals surface area contributed by atoms with Crippen LogP contribution in [0.25, 0.3) is 0 Å². The number of benzene rings is 2. The van der Waals surface area contributed by atoms with Crippen LogP contribution in [0.15, 0.2) is 42.5 Å². The smallest absolute Gasteiger partial charge is 0.410 e. The molecule has 0 spiro atoms. The fourth-order valence-corrected chi connectivity index (χ4v) is 7.99. The maximum absolute atomic E-state index is 14.0. The highest BCUT2D eigenvalue weighted by Crippen LogP contribution is 2.33. The highest BCUT2D eigenvalue weighted by Gasteiger charge is 2.37. The van der Waals surface area contributed by atoms with Crippen LogP contribution in [0.4, 0.5) is 15.3 Å². The zero-order valence-electron chi connectivity index (χ0n) is 28.0. The van der Waals surface area contributed by atoms with E-state index in [-0.39, 0.29) is 42.2 Å². The van der Waals surface area contributed by atoms with Crippen molar-refractivity contribution < 1.29 is 34.1 Å². The first-order valence-electron chi connectivity index (χ1n) is 17.6. The van der Waals surface area contributed by atoms with Gasteiger partial charge >= 0.3 is 18.1 Å². The van der Waals surface area contributed by atoms with Crippen LogP contribution in [0.1, 0.15) is 49.7 Å². The molecule has 2 radical (unpaired) electrons. The molecule has 260 valence electrons. The molecule has 12 nitrogen and oxygen atoms in total. The molecule has 1 atom stereocenters.